The van der Waals surface area contributed by atoms with E-state index in [0.717, 1.165) is 5.56 Å². The van der Waals surface area contributed by atoms with Crippen molar-refractivity contribution in [3.8, 4) is 0 Å². The Balaban J connectivity index is 2.78. The van der Waals surface area contributed by atoms with Crippen LogP contribution in [0.4, 0.5) is 0 Å². The van der Waals surface area contributed by atoms with Crippen LogP contribution in [0.2, 0.25) is 0 Å². The fourth-order valence-electron chi connectivity index (χ4n) is 1.39. The number of rotatable bonds is 6. The Morgan fingerprint density at radius 3 is 2.29 bits per heavy atom. The highest BCUT2D eigenvalue weighted by Crippen LogP contribution is 2.17. The molecule has 3 nitrogen and oxygen atoms in total. The molecule has 5 heteroatoms. The van der Waals surface area contributed by atoms with Crippen molar-refractivity contribution in [3.63, 3.8) is 0 Å². The molecule has 0 atom stereocenters. The van der Waals surface area contributed by atoms with Crippen LogP contribution in [0.5, 0.6) is 0 Å². The fraction of sp³-hybridized carbons (Fsp3) is 0.500. The lowest BCUT2D eigenvalue weighted by Crippen LogP contribution is -2.25. The molecule has 0 bridgehead atoms. The van der Waals surface area contributed by atoms with E-state index >= 15 is 0 Å². The molecule has 0 unspecified atom stereocenters. The molecule has 0 aliphatic rings. The van der Waals surface area contributed by atoms with E-state index in [0.29, 0.717) is 29.7 Å². The summed E-state index contributed by atoms with van der Waals surface area (Å²) in [7, 11) is -3.38. The highest BCUT2D eigenvalue weighted by atomic mass is 35.5. The van der Waals surface area contributed by atoms with Crippen molar-refractivity contribution in [1.82, 2.24) is 4.72 Å². The molecule has 96 valence electrons. The topological polar surface area (TPSA) is 46.2 Å². The second-order valence-electron chi connectivity index (χ2n) is 4.16. The SMILES string of the molecule is CC(C)c1ccc(S(=O)(=O)NCCCCl)cc1. The summed E-state index contributed by atoms with van der Waals surface area (Å²) in [5.41, 5.74) is 1.13. The fourth-order valence-corrected chi connectivity index (χ4v) is 2.60. The molecule has 1 aromatic rings. The van der Waals surface area contributed by atoms with E-state index in [1.807, 2.05) is 12.1 Å². The zero-order valence-corrected chi connectivity index (χ0v) is 11.7. The Hall–Kier alpha value is -0.580. The van der Waals surface area contributed by atoms with E-state index in [9.17, 15) is 8.42 Å². The standard InChI is InChI=1S/C12H18ClNO2S/c1-10(2)11-4-6-12(7-5-11)17(15,16)14-9-3-8-13/h4-7,10,14H,3,8-9H2,1-2H3. The van der Waals surface area contributed by atoms with Crippen molar-refractivity contribution in [3.05, 3.63) is 29.8 Å². The normalized spacial score (nSPS) is 12.0. The molecule has 0 fully saturated rings. The molecule has 0 radical (unpaired) electrons. The van der Waals surface area contributed by atoms with Crippen molar-refractivity contribution in [2.45, 2.75) is 31.1 Å². The van der Waals surface area contributed by atoms with Gasteiger partial charge in [-0.3, -0.25) is 0 Å². The van der Waals surface area contributed by atoms with Gasteiger partial charge >= 0.3 is 0 Å². The summed E-state index contributed by atoms with van der Waals surface area (Å²) in [5.74, 6) is 0.852. The van der Waals surface area contributed by atoms with Gasteiger partial charge in [-0.05, 0) is 30.0 Å². The molecule has 0 amide bonds. The van der Waals surface area contributed by atoms with E-state index in [1.165, 1.54) is 0 Å². The highest BCUT2D eigenvalue weighted by molar-refractivity contribution is 7.89. The number of alkyl halides is 1. The number of nitrogens with one attached hydrogen (secondary N) is 1. The van der Waals surface area contributed by atoms with Crippen LogP contribution in [0.15, 0.2) is 29.2 Å². The molecule has 0 heterocycles. The molecular formula is C12H18ClNO2S. The molecular weight excluding hydrogens is 258 g/mol. The number of hydrogen-bond donors (Lipinski definition) is 1. The lowest BCUT2D eigenvalue weighted by atomic mass is 10.0. The smallest absolute Gasteiger partial charge is 0.211 e. The number of benzene rings is 1. The Morgan fingerprint density at radius 1 is 1.24 bits per heavy atom. The molecule has 0 aliphatic heterocycles. The second-order valence-corrected chi connectivity index (χ2v) is 6.31. The minimum absolute atomic E-state index is 0.302. The quantitative estimate of drug-likeness (QED) is 0.641. The zero-order chi connectivity index (χ0) is 12.9. The molecule has 17 heavy (non-hydrogen) atoms. The summed E-state index contributed by atoms with van der Waals surface area (Å²) in [6, 6.07) is 6.97. The van der Waals surface area contributed by atoms with Crippen LogP contribution in [0.25, 0.3) is 0 Å². The van der Waals surface area contributed by atoms with Gasteiger partial charge in [-0.15, -0.1) is 11.6 Å². The van der Waals surface area contributed by atoms with E-state index < -0.39 is 10.0 Å². The molecule has 0 aromatic heterocycles. The van der Waals surface area contributed by atoms with Crippen LogP contribution in [0.3, 0.4) is 0 Å². The number of sulfonamides is 1. The minimum atomic E-state index is -3.38. The maximum absolute atomic E-state index is 11.8. The van der Waals surface area contributed by atoms with Gasteiger partial charge in [-0.1, -0.05) is 26.0 Å². The average Bonchev–Trinajstić information content (AvgIpc) is 2.29. The third kappa shape index (κ3) is 4.30. The first-order chi connectivity index (χ1) is 7.97. The summed E-state index contributed by atoms with van der Waals surface area (Å²) in [5, 5.41) is 0. The Kier molecular flexibility index (Phi) is 5.43. The average molecular weight is 276 g/mol. The molecule has 0 spiro atoms. The molecule has 1 N–H and O–H groups in total. The number of hydrogen-bond acceptors (Lipinski definition) is 2. The van der Waals surface area contributed by atoms with Gasteiger partial charge in [0.15, 0.2) is 0 Å². The van der Waals surface area contributed by atoms with Crippen LogP contribution >= 0.6 is 11.6 Å². The Labute approximate surface area is 108 Å². The maximum atomic E-state index is 11.8. The van der Waals surface area contributed by atoms with Crippen LogP contribution in [-0.4, -0.2) is 20.8 Å². The predicted octanol–water partition coefficient (Wildman–Crippen LogP) is 2.72. The molecule has 1 rings (SSSR count). The van der Waals surface area contributed by atoms with Crippen molar-refractivity contribution >= 4 is 21.6 Å². The molecule has 0 aliphatic carbocycles. The van der Waals surface area contributed by atoms with Crippen molar-refractivity contribution < 1.29 is 8.42 Å². The summed E-state index contributed by atoms with van der Waals surface area (Å²) in [4.78, 5) is 0.302. The van der Waals surface area contributed by atoms with Gasteiger partial charge in [0.1, 0.15) is 0 Å². The van der Waals surface area contributed by atoms with Gasteiger partial charge < -0.3 is 0 Å². The summed E-state index contributed by atoms with van der Waals surface area (Å²) < 4.78 is 26.2. The zero-order valence-electron chi connectivity index (χ0n) is 10.1. The lowest BCUT2D eigenvalue weighted by Gasteiger charge is -2.08. The first-order valence-electron chi connectivity index (χ1n) is 5.63. The molecule has 0 saturated heterocycles. The van der Waals surface area contributed by atoms with E-state index in [1.54, 1.807) is 12.1 Å². The Morgan fingerprint density at radius 2 is 1.82 bits per heavy atom. The van der Waals surface area contributed by atoms with Crippen LogP contribution < -0.4 is 4.72 Å². The number of halogens is 1. The summed E-state index contributed by atoms with van der Waals surface area (Å²) in [6.07, 6.45) is 0.630. The minimum Gasteiger partial charge on any atom is -0.211 e. The lowest BCUT2D eigenvalue weighted by molar-refractivity contribution is 0.581. The van der Waals surface area contributed by atoms with E-state index in [4.69, 9.17) is 11.6 Å². The monoisotopic (exact) mass is 275 g/mol. The first-order valence-corrected chi connectivity index (χ1v) is 7.64. The van der Waals surface area contributed by atoms with E-state index in [2.05, 4.69) is 18.6 Å². The highest BCUT2D eigenvalue weighted by Gasteiger charge is 2.13. The maximum Gasteiger partial charge on any atom is 0.240 e. The van der Waals surface area contributed by atoms with Crippen molar-refractivity contribution in [2.75, 3.05) is 12.4 Å². The molecule has 1 aromatic carbocycles. The van der Waals surface area contributed by atoms with Gasteiger partial charge in [0, 0.05) is 12.4 Å². The van der Waals surface area contributed by atoms with Gasteiger partial charge in [0.25, 0.3) is 0 Å². The third-order valence-electron chi connectivity index (χ3n) is 2.46. The summed E-state index contributed by atoms with van der Waals surface area (Å²) in [6.45, 7) is 4.52. The van der Waals surface area contributed by atoms with Crippen LogP contribution in [0.1, 0.15) is 31.7 Å². The Bertz CT molecular complexity index is 440. The third-order valence-corrected chi connectivity index (χ3v) is 4.20. The van der Waals surface area contributed by atoms with Crippen molar-refractivity contribution in [1.29, 1.82) is 0 Å². The van der Waals surface area contributed by atoms with Crippen molar-refractivity contribution in [2.24, 2.45) is 0 Å². The van der Waals surface area contributed by atoms with Gasteiger partial charge in [0.2, 0.25) is 10.0 Å². The largest absolute Gasteiger partial charge is 0.240 e. The van der Waals surface area contributed by atoms with Gasteiger partial charge in [0.05, 0.1) is 4.90 Å². The van der Waals surface area contributed by atoms with Gasteiger partial charge in [-0.25, -0.2) is 13.1 Å². The first kappa shape index (κ1) is 14.5. The van der Waals surface area contributed by atoms with Crippen LogP contribution in [0, 0.1) is 0 Å². The summed E-state index contributed by atoms with van der Waals surface area (Å²) >= 11 is 5.50. The van der Waals surface area contributed by atoms with E-state index in [-0.39, 0.29) is 0 Å². The van der Waals surface area contributed by atoms with Crippen LogP contribution in [-0.2, 0) is 10.0 Å². The second kappa shape index (κ2) is 6.38. The molecule has 0 saturated carbocycles. The van der Waals surface area contributed by atoms with Gasteiger partial charge in [-0.2, -0.15) is 0 Å². The predicted molar refractivity (Wildman–Crippen MR) is 71.1 cm³/mol.